The maximum Gasteiger partial charge on any atom is 0.226 e. The highest BCUT2D eigenvalue weighted by Gasteiger charge is 2.30. The van der Waals surface area contributed by atoms with Crippen molar-refractivity contribution in [2.75, 3.05) is 7.05 Å². The summed E-state index contributed by atoms with van der Waals surface area (Å²) in [6.45, 7) is 4.61. The summed E-state index contributed by atoms with van der Waals surface area (Å²) < 4.78 is 0. The van der Waals surface area contributed by atoms with Gasteiger partial charge in [-0.3, -0.25) is 4.79 Å². The molecular formula is C17H25NO2. The summed E-state index contributed by atoms with van der Waals surface area (Å²) in [5, 5.41) is 9.45. The molecule has 0 saturated heterocycles. The predicted molar refractivity (Wildman–Crippen MR) is 80.6 cm³/mol. The second-order valence-electron chi connectivity index (χ2n) is 6.75. The third kappa shape index (κ3) is 3.75. The Hall–Kier alpha value is -1.51. The first kappa shape index (κ1) is 14.9. The van der Waals surface area contributed by atoms with Gasteiger partial charge in [-0.05, 0) is 48.8 Å². The molecule has 2 rings (SSSR count). The number of rotatable bonds is 3. The van der Waals surface area contributed by atoms with Crippen LogP contribution in [0.3, 0.4) is 0 Å². The van der Waals surface area contributed by atoms with Gasteiger partial charge in [0.2, 0.25) is 5.91 Å². The van der Waals surface area contributed by atoms with Gasteiger partial charge in [0.1, 0.15) is 5.75 Å². The van der Waals surface area contributed by atoms with E-state index in [0.717, 1.165) is 18.4 Å². The van der Waals surface area contributed by atoms with E-state index in [4.69, 9.17) is 0 Å². The number of likely N-dealkylation sites (N-methyl/N-ethyl adjacent to an activating group) is 1. The number of carbonyl (C=O) groups excluding carboxylic acids is 1. The molecule has 1 aromatic rings. The van der Waals surface area contributed by atoms with Crippen molar-refractivity contribution in [3.05, 3.63) is 29.8 Å². The summed E-state index contributed by atoms with van der Waals surface area (Å²) in [6.07, 6.45) is 4.91. The summed E-state index contributed by atoms with van der Waals surface area (Å²) in [4.78, 5) is 14.2. The molecule has 0 heterocycles. The van der Waals surface area contributed by atoms with Gasteiger partial charge in [-0.1, -0.05) is 26.0 Å². The molecule has 1 aromatic carbocycles. The van der Waals surface area contributed by atoms with Crippen LogP contribution in [0.15, 0.2) is 24.3 Å². The lowest BCUT2D eigenvalue weighted by atomic mass is 9.75. The Balaban J connectivity index is 1.92. The van der Waals surface area contributed by atoms with Gasteiger partial charge in [0.05, 0.1) is 6.42 Å². The summed E-state index contributed by atoms with van der Waals surface area (Å²) in [5.74, 6) is 0.359. The van der Waals surface area contributed by atoms with E-state index in [-0.39, 0.29) is 11.7 Å². The molecule has 0 unspecified atom stereocenters. The molecule has 1 saturated carbocycles. The lowest BCUT2D eigenvalue weighted by Crippen LogP contribution is -2.41. The molecule has 1 N–H and O–H groups in total. The Labute approximate surface area is 121 Å². The number of aromatic hydroxyl groups is 1. The average Bonchev–Trinajstić information content (AvgIpc) is 2.38. The van der Waals surface area contributed by atoms with E-state index in [1.54, 1.807) is 18.2 Å². The minimum Gasteiger partial charge on any atom is -0.508 e. The normalized spacial score (nSPS) is 18.8. The highest BCUT2D eigenvalue weighted by molar-refractivity contribution is 5.79. The second-order valence-corrected chi connectivity index (χ2v) is 6.75. The lowest BCUT2D eigenvalue weighted by Gasteiger charge is -2.38. The van der Waals surface area contributed by atoms with Crippen LogP contribution >= 0.6 is 0 Å². The zero-order valence-electron chi connectivity index (χ0n) is 12.7. The molecule has 110 valence electrons. The van der Waals surface area contributed by atoms with E-state index in [0.29, 0.717) is 17.9 Å². The Morgan fingerprint density at radius 1 is 1.35 bits per heavy atom. The molecule has 0 spiro atoms. The smallest absolute Gasteiger partial charge is 0.226 e. The van der Waals surface area contributed by atoms with Gasteiger partial charge in [-0.2, -0.15) is 0 Å². The highest BCUT2D eigenvalue weighted by atomic mass is 16.3. The van der Waals surface area contributed by atoms with Crippen molar-refractivity contribution >= 4 is 5.91 Å². The third-order valence-electron chi connectivity index (χ3n) is 4.52. The first-order chi connectivity index (χ1) is 9.37. The first-order valence-electron chi connectivity index (χ1n) is 7.41. The van der Waals surface area contributed by atoms with Gasteiger partial charge in [0.15, 0.2) is 0 Å². The molecule has 1 amide bonds. The number of carbonyl (C=O) groups is 1. The molecule has 0 radical (unpaired) electrons. The zero-order valence-corrected chi connectivity index (χ0v) is 12.7. The number of hydrogen-bond donors (Lipinski definition) is 1. The van der Waals surface area contributed by atoms with Crippen molar-refractivity contribution < 1.29 is 9.90 Å². The van der Waals surface area contributed by atoms with E-state index in [9.17, 15) is 9.90 Å². The number of phenolic OH excluding ortho intramolecular Hbond substituents is 1. The molecular weight excluding hydrogens is 250 g/mol. The molecule has 0 aliphatic heterocycles. The van der Waals surface area contributed by atoms with Crippen molar-refractivity contribution in [2.45, 2.75) is 52.0 Å². The first-order valence-corrected chi connectivity index (χ1v) is 7.41. The zero-order chi connectivity index (χ0) is 14.8. The molecule has 1 aliphatic carbocycles. The molecule has 3 heteroatoms. The average molecular weight is 275 g/mol. The van der Waals surface area contributed by atoms with E-state index >= 15 is 0 Å². The van der Waals surface area contributed by atoms with Crippen LogP contribution in [0.5, 0.6) is 5.75 Å². The van der Waals surface area contributed by atoms with E-state index in [1.807, 2.05) is 18.0 Å². The maximum atomic E-state index is 12.3. The standard InChI is InChI=1S/C17H25NO2/c1-17(2)9-7-14(8-10-17)18(3)16(20)12-13-5-4-6-15(19)11-13/h4-6,11,14,19H,7-10,12H2,1-3H3. The number of hydrogen-bond acceptors (Lipinski definition) is 2. The molecule has 0 aromatic heterocycles. The summed E-state index contributed by atoms with van der Waals surface area (Å²) >= 11 is 0. The van der Waals surface area contributed by atoms with Crippen molar-refractivity contribution in [1.82, 2.24) is 4.90 Å². The van der Waals surface area contributed by atoms with Crippen LogP contribution in [-0.2, 0) is 11.2 Å². The largest absolute Gasteiger partial charge is 0.508 e. The van der Waals surface area contributed by atoms with Crippen LogP contribution < -0.4 is 0 Å². The van der Waals surface area contributed by atoms with Gasteiger partial charge in [-0.15, -0.1) is 0 Å². The summed E-state index contributed by atoms with van der Waals surface area (Å²) in [5.41, 5.74) is 1.30. The van der Waals surface area contributed by atoms with Crippen molar-refractivity contribution in [3.63, 3.8) is 0 Å². The van der Waals surface area contributed by atoms with Crippen LogP contribution in [0.4, 0.5) is 0 Å². The minimum absolute atomic E-state index is 0.139. The van der Waals surface area contributed by atoms with Crippen LogP contribution in [0.25, 0.3) is 0 Å². The van der Waals surface area contributed by atoms with Crippen molar-refractivity contribution in [3.8, 4) is 5.75 Å². The Morgan fingerprint density at radius 2 is 2.00 bits per heavy atom. The van der Waals surface area contributed by atoms with E-state index in [2.05, 4.69) is 13.8 Å². The van der Waals surface area contributed by atoms with E-state index in [1.165, 1.54) is 12.8 Å². The van der Waals surface area contributed by atoms with Crippen molar-refractivity contribution in [2.24, 2.45) is 5.41 Å². The molecule has 1 aliphatic rings. The van der Waals surface area contributed by atoms with Crippen LogP contribution in [0.1, 0.15) is 45.1 Å². The third-order valence-corrected chi connectivity index (χ3v) is 4.52. The minimum atomic E-state index is 0.139. The highest BCUT2D eigenvalue weighted by Crippen LogP contribution is 2.36. The fourth-order valence-electron chi connectivity index (χ4n) is 2.94. The Kier molecular flexibility index (Phi) is 4.36. The Morgan fingerprint density at radius 3 is 2.60 bits per heavy atom. The molecule has 0 atom stereocenters. The number of phenols is 1. The van der Waals surface area contributed by atoms with Crippen molar-refractivity contribution in [1.29, 1.82) is 0 Å². The SMILES string of the molecule is CN(C(=O)Cc1cccc(O)c1)C1CCC(C)(C)CC1. The quantitative estimate of drug-likeness (QED) is 0.919. The predicted octanol–water partition coefficient (Wildman–Crippen LogP) is 3.36. The number of benzene rings is 1. The van der Waals surface area contributed by atoms with Gasteiger partial charge < -0.3 is 10.0 Å². The van der Waals surface area contributed by atoms with Crippen LogP contribution in [0, 0.1) is 5.41 Å². The summed E-state index contributed by atoms with van der Waals surface area (Å²) in [6, 6.07) is 7.32. The maximum absolute atomic E-state index is 12.3. The fraction of sp³-hybridized carbons (Fsp3) is 0.588. The molecule has 20 heavy (non-hydrogen) atoms. The molecule has 1 fully saturated rings. The molecule has 3 nitrogen and oxygen atoms in total. The lowest BCUT2D eigenvalue weighted by molar-refractivity contribution is -0.132. The van der Waals surface area contributed by atoms with Crippen LogP contribution in [0.2, 0.25) is 0 Å². The fourth-order valence-corrected chi connectivity index (χ4v) is 2.94. The number of nitrogens with zero attached hydrogens (tertiary/aromatic N) is 1. The molecule has 0 bridgehead atoms. The summed E-state index contributed by atoms with van der Waals surface area (Å²) in [7, 11) is 1.91. The van der Waals surface area contributed by atoms with E-state index < -0.39 is 0 Å². The second kappa shape index (κ2) is 5.86. The number of amides is 1. The monoisotopic (exact) mass is 275 g/mol. The van der Waals surface area contributed by atoms with Gasteiger partial charge in [0, 0.05) is 13.1 Å². The topological polar surface area (TPSA) is 40.5 Å². The van der Waals surface area contributed by atoms with Crippen LogP contribution in [-0.4, -0.2) is 29.0 Å². The van der Waals surface area contributed by atoms with Gasteiger partial charge in [0.25, 0.3) is 0 Å². The Bertz CT molecular complexity index is 472. The van der Waals surface area contributed by atoms with Gasteiger partial charge in [-0.25, -0.2) is 0 Å². The van der Waals surface area contributed by atoms with Gasteiger partial charge >= 0.3 is 0 Å².